The SMILES string of the molecule is CCC(C)CCOC(C)(C)CNNC(CC)C(C)CC. The monoisotopic (exact) mass is 286 g/mol. The zero-order valence-corrected chi connectivity index (χ0v) is 14.9. The van der Waals surface area contributed by atoms with Gasteiger partial charge in [-0.05, 0) is 38.5 Å². The van der Waals surface area contributed by atoms with Gasteiger partial charge in [0.15, 0.2) is 0 Å². The van der Waals surface area contributed by atoms with Crippen molar-refractivity contribution in [1.82, 2.24) is 10.9 Å². The highest BCUT2D eigenvalue weighted by atomic mass is 16.5. The molecule has 0 aliphatic heterocycles. The van der Waals surface area contributed by atoms with Crippen LogP contribution >= 0.6 is 0 Å². The number of hydrogen-bond acceptors (Lipinski definition) is 3. The molecule has 0 amide bonds. The number of rotatable bonds is 12. The van der Waals surface area contributed by atoms with Crippen LogP contribution in [-0.4, -0.2) is 24.8 Å². The quantitative estimate of drug-likeness (QED) is 0.529. The molecule has 0 bridgehead atoms. The highest BCUT2D eigenvalue weighted by molar-refractivity contribution is 4.74. The molecule has 0 heterocycles. The van der Waals surface area contributed by atoms with Crippen LogP contribution in [0.3, 0.4) is 0 Å². The summed E-state index contributed by atoms with van der Waals surface area (Å²) in [5.41, 5.74) is 6.71. The Morgan fingerprint density at radius 1 is 1.00 bits per heavy atom. The van der Waals surface area contributed by atoms with E-state index in [1.165, 1.54) is 12.8 Å². The molecule has 0 fully saturated rings. The summed E-state index contributed by atoms with van der Waals surface area (Å²) in [7, 11) is 0. The number of nitrogens with one attached hydrogen (secondary N) is 2. The molecular formula is C17H38N2O. The summed E-state index contributed by atoms with van der Waals surface area (Å²) < 4.78 is 6.00. The molecule has 3 atom stereocenters. The van der Waals surface area contributed by atoms with Crippen LogP contribution in [0.4, 0.5) is 0 Å². The third kappa shape index (κ3) is 8.93. The summed E-state index contributed by atoms with van der Waals surface area (Å²) in [6.07, 6.45) is 4.74. The van der Waals surface area contributed by atoms with Crippen LogP contribution in [0.1, 0.15) is 74.1 Å². The van der Waals surface area contributed by atoms with Gasteiger partial charge in [-0.3, -0.25) is 10.9 Å². The third-order valence-corrected chi connectivity index (χ3v) is 4.37. The van der Waals surface area contributed by atoms with Crippen LogP contribution < -0.4 is 10.9 Å². The summed E-state index contributed by atoms with van der Waals surface area (Å²) in [4.78, 5) is 0. The van der Waals surface area contributed by atoms with E-state index in [2.05, 4.69) is 59.3 Å². The fraction of sp³-hybridized carbons (Fsp3) is 1.00. The van der Waals surface area contributed by atoms with Crippen molar-refractivity contribution in [2.45, 2.75) is 85.8 Å². The molecule has 0 aromatic heterocycles. The van der Waals surface area contributed by atoms with Gasteiger partial charge in [-0.1, -0.05) is 47.5 Å². The summed E-state index contributed by atoms with van der Waals surface area (Å²) in [6, 6.07) is 0.538. The highest BCUT2D eigenvalue weighted by Crippen LogP contribution is 2.13. The second kappa shape index (κ2) is 10.6. The topological polar surface area (TPSA) is 33.3 Å². The fourth-order valence-corrected chi connectivity index (χ4v) is 2.12. The van der Waals surface area contributed by atoms with E-state index in [9.17, 15) is 0 Å². The maximum Gasteiger partial charge on any atom is 0.0764 e. The minimum atomic E-state index is -0.117. The first-order valence-corrected chi connectivity index (χ1v) is 8.48. The van der Waals surface area contributed by atoms with Crippen molar-refractivity contribution >= 4 is 0 Å². The van der Waals surface area contributed by atoms with E-state index in [-0.39, 0.29) is 5.60 Å². The lowest BCUT2D eigenvalue weighted by atomic mass is 9.98. The van der Waals surface area contributed by atoms with E-state index in [1.807, 2.05) is 0 Å². The van der Waals surface area contributed by atoms with Crippen LogP contribution in [-0.2, 0) is 4.74 Å². The largest absolute Gasteiger partial charge is 0.374 e. The summed E-state index contributed by atoms with van der Waals surface area (Å²) in [5, 5.41) is 0. The first-order valence-electron chi connectivity index (χ1n) is 8.48. The molecule has 0 aliphatic rings. The van der Waals surface area contributed by atoms with Crippen LogP contribution in [0.2, 0.25) is 0 Å². The molecule has 122 valence electrons. The smallest absolute Gasteiger partial charge is 0.0764 e. The van der Waals surface area contributed by atoms with E-state index in [1.54, 1.807) is 0 Å². The van der Waals surface area contributed by atoms with Crippen molar-refractivity contribution in [3.05, 3.63) is 0 Å². The van der Waals surface area contributed by atoms with Gasteiger partial charge in [-0.2, -0.15) is 0 Å². The molecule has 0 radical (unpaired) electrons. The van der Waals surface area contributed by atoms with Crippen molar-refractivity contribution in [3.8, 4) is 0 Å². The minimum Gasteiger partial charge on any atom is -0.374 e. The number of hydrogen-bond donors (Lipinski definition) is 2. The molecule has 20 heavy (non-hydrogen) atoms. The molecule has 0 saturated carbocycles. The molecule has 0 saturated heterocycles. The first-order chi connectivity index (χ1) is 9.36. The predicted molar refractivity (Wildman–Crippen MR) is 88.8 cm³/mol. The molecule has 3 nitrogen and oxygen atoms in total. The molecule has 3 unspecified atom stereocenters. The lowest BCUT2D eigenvalue weighted by molar-refractivity contribution is -0.0246. The molecule has 0 aliphatic carbocycles. The summed E-state index contributed by atoms with van der Waals surface area (Å²) >= 11 is 0. The number of ether oxygens (including phenoxy) is 1. The van der Waals surface area contributed by atoms with Crippen molar-refractivity contribution in [3.63, 3.8) is 0 Å². The zero-order valence-electron chi connectivity index (χ0n) is 14.9. The summed E-state index contributed by atoms with van der Waals surface area (Å²) in [5.74, 6) is 1.45. The molecule has 2 N–H and O–H groups in total. The molecule has 3 heteroatoms. The van der Waals surface area contributed by atoms with E-state index < -0.39 is 0 Å². The molecule has 0 rings (SSSR count). The van der Waals surface area contributed by atoms with Gasteiger partial charge in [0.1, 0.15) is 0 Å². The second-order valence-corrected chi connectivity index (χ2v) is 6.81. The number of hydrazine groups is 1. The van der Waals surface area contributed by atoms with Gasteiger partial charge in [0.2, 0.25) is 0 Å². The van der Waals surface area contributed by atoms with Gasteiger partial charge in [0.05, 0.1) is 5.60 Å². The molecule has 0 aromatic carbocycles. The normalized spacial score (nSPS) is 16.9. The Hall–Kier alpha value is -0.120. The van der Waals surface area contributed by atoms with Gasteiger partial charge < -0.3 is 4.74 Å². The van der Waals surface area contributed by atoms with Crippen LogP contribution in [0.5, 0.6) is 0 Å². The van der Waals surface area contributed by atoms with Gasteiger partial charge in [0.25, 0.3) is 0 Å². The Labute approximate surface area is 127 Å². The van der Waals surface area contributed by atoms with E-state index in [0.717, 1.165) is 31.9 Å². The summed E-state index contributed by atoms with van der Waals surface area (Å²) in [6.45, 7) is 17.3. The molecule has 0 spiro atoms. The molecular weight excluding hydrogens is 248 g/mol. The average Bonchev–Trinajstić information content (AvgIpc) is 2.42. The highest BCUT2D eigenvalue weighted by Gasteiger charge is 2.19. The van der Waals surface area contributed by atoms with E-state index in [0.29, 0.717) is 12.0 Å². The van der Waals surface area contributed by atoms with Crippen molar-refractivity contribution < 1.29 is 4.74 Å². The lowest BCUT2D eigenvalue weighted by Gasteiger charge is -2.29. The minimum absolute atomic E-state index is 0.117. The van der Waals surface area contributed by atoms with Crippen molar-refractivity contribution in [1.29, 1.82) is 0 Å². The zero-order chi connectivity index (χ0) is 15.6. The van der Waals surface area contributed by atoms with Gasteiger partial charge >= 0.3 is 0 Å². The van der Waals surface area contributed by atoms with Crippen LogP contribution in [0.15, 0.2) is 0 Å². The Morgan fingerprint density at radius 3 is 2.15 bits per heavy atom. The van der Waals surface area contributed by atoms with Crippen LogP contribution in [0.25, 0.3) is 0 Å². The Kier molecular flexibility index (Phi) is 10.5. The molecule has 0 aromatic rings. The maximum atomic E-state index is 6.00. The van der Waals surface area contributed by atoms with Gasteiger partial charge in [-0.25, -0.2) is 0 Å². The maximum absolute atomic E-state index is 6.00. The van der Waals surface area contributed by atoms with E-state index >= 15 is 0 Å². The lowest BCUT2D eigenvalue weighted by Crippen LogP contribution is -2.49. The van der Waals surface area contributed by atoms with E-state index in [4.69, 9.17) is 4.74 Å². The fourth-order valence-electron chi connectivity index (χ4n) is 2.12. The Balaban J connectivity index is 3.90. The second-order valence-electron chi connectivity index (χ2n) is 6.81. The van der Waals surface area contributed by atoms with Gasteiger partial charge in [0, 0.05) is 19.2 Å². The standard InChI is InChI=1S/C17H38N2O/c1-8-14(4)11-12-20-17(6,7)13-18-19-16(10-3)15(5)9-2/h14-16,18-19H,8-13H2,1-7H3. The van der Waals surface area contributed by atoms with Gasteiger partial charge in [-0.15, -0.1) is 0 Å². The average molecular weight is 287 g/mol. The predicted octanol–water partition coefficient (Wildman–Crippen LogP) is 4.14. The Morgan fingerprint density at radius 2 is 1.65 bits per heavy atom. The van der Waals surface area contributed by atoms with Crippen LogP contribution in [0, 0.1) is 11.8 Å². The van der Waals surface area contributed by atoms with Crippen molar-refractivity contribution in [2.75, 3.05) is 13.2 Å². The first kappa shape index (κ1) is 19.9. The van der Waals surface area contributed by atoms with Crippen molar-refractivity contribution in [2.24, 2.45) is 11.8 Å². The Bertz CT molecular complexity index is 231. The third-order valence-electron chi connectivity index (χ3n) is 4.37.